The Kier molecular flexibility index (Phi) is 5.40. The summed E-state index contributed by atoms with van der Waals surface area (Å²) in [5.74, 6) is 6.00. The van der Waals surface area contributed by atoms with Gasteiger partial charge in [-0.2, -0.15) is 0 Å². The highest BCUT2D eigenvalue weighted by atomic mass is 16.5. The van der Waals surface area contributed by atoms with Crippen molar-refractivity contribution in [1.82, 2.24) is 5.43 Å². The summed E-state index contributed by atoms with van der Waals surface area (Å²) in [6.07, 6.45) is 2.57. The molecule has 4 nitrogen and oxygen atoms in total. The van der Waals surface area contributed by atoms with Crippen molar-refractivity contribution < 1.29 is 9.47 Å². The van der Waals surface area contributed by atoms with Gasteiger partial charge in [-0.25, -0.2) is 0 Å². The summed E-state index contributed by atoms with van der Waals surface area (Å²) in [7, 11) is 0. The van der Waals surface area contributed by atoms with E-state index in [4.69, 9.17) is 15.3 Å². The average Bonchev–Trinajstić information content (AvgIpc) is 2.20. The van der Waals surface area contributed by atoms with Gasteiger partial charge in [0.05, 0.1) is 19.3 Å². The molecule has 2 unspecified atom stereocenters. The lowest BCUT2D eigenvalue weighted by Crippen LogP contribution is -2.47. The average molecular weight is 202 g/mol. The smallest absolute Gasteiger partial charge is 0.0640 e. The predicted octanol–water partition coefficient (Wildman–Crippen LogP) is 0.670. The minimum atomic E-state index is 0.220. The normalized spacial score (nSPS) is 25.3. The lowest BCUT2D eigenvalue weighted by atomic mass is 9.95. The van der Waals surface area contributed by atoms with Crippen LogP contribution < -0.4 is 11.3 Å². The molecule has 1 aliphatic rings. The second kappa shape index (κ2) is 6.35. The summed E-state index contributed by atoms with van der Waals surface area (Å²) in [6, 6.07) is 0.220. The summed E-state index contributed by atoms with van der Waals surface area (Å²) >= 11 is 0. The molecule has 1 saturated heterocycles. The van der Waals surface area contributed by atoms with Crippen molar-refractivity contribution in [2.24, 2.45) is 11.8 Å². The van der Waals surface area contributed by atoms with Gasteiger partial charge in [-0.1, -0.05) is 0 Å². The third kappa shape index (κ3) is 3.92. The van der Waals surface area contributed by atoms with E-state index in [0.29, 0.717) is 12.5 Å². The summed E-state index contributed by atoms with van der Waals surface area (Å²) < 4.78 is 11.0. The Morgan fingerprint density at radius 2 is 2.36 bits per heavy atom. The topological polar surface area (TPSA) is 56.5 Å². The molecule has 0 saturated carbocycles. The van der Waals surface area contributed by atoms with Gasteiger partial charge in [-0.15, -0.1) is 0 Å². The first kappa shape index (κ1) is 11.9. The molecule has 2 atom stereocenters. The molecule has 1 rings (SSSR count). The molecular formula is C10H22N2O2. The second-order valence-electron chi connectivity index (χ2n) is 4.13. The van der Waals surface area contributed by atoms with Crippen LogP contribution in [0.5, 0.6) is 0 Å². The van der Waals surface area contributed by atoms with Crippen LogP contribution in [0.2, 0.25) is 0 Å². The number of nitrogens with one attached hydrogen (secondary N) is 1. The summed E-state index contributed by atoms with van der Waals surface area (Å²) in [6.45, 7) is 6.42. The van der Waals surface area contributed by atoms with Crippen LogP contribution in [-0.4, -0.2) is 32.0 Å². The standard InChI is InChI=1S/C10H22N2O2/c1-8(2)14-7-10(12-11)9-4-3-5-13-6-9/h8-10,12H,3-7,11H2,1-2H3. The minimum absolute atomic E-state index is 0.220. The summed E-state index contributed by atoms with van der Waals surface area (Å²) in [5.41, 5.74) is 2.82. The van der Waals surface area contributed by atoms with Crippen LogP contribution in [0.1, 0.15) is 26.7 Å². The predicted molar refractivity (Wildman–Crippen MR) is 55.7 cm³/mol. The van der Waals surface area contributed by atoms with Gasteiger partial charge in [0.2, 0.25) is 0 Å². The molecule has 1 fully saturated rings. The molecule has 0 aliphatic carbocycles. The van der Waals surface area contributed by atoms with E-state index in [1.54, 1.807) is 0 Å². The first-order valence-electron chi connectivity index (χ1n) is 5.39. The van der Waals surface area contributed by atoms with Crippen LogP contribution in [-0.2, 0) is 9.47 Å². The van der Waals surface area contributed by atoms with Crippen molar-refractivity contribution in [3.63, 3.8) is 0 Å². The molecule has 1 aliphatic heterocycles. The summed E-state index contributed by atoms with van der Waals surface area (Å²) in [4.78, 5) is 0. The van der Waals surface area contributed by atoms with Gasteiger partial charge in [0.15, 0.2) is 0 Å². The molecule has 84 valence electrons. The Morgan fingerprint density at radius 1 is 1.57 bits per heavy atom. The maximum Gasteiger partial charge on any atom is 0.0640 e. The Morgan fingerprint density at radius 3 is 2.86 bits per heavy atom. The van der Waals surface area contributed by atoms with Crippen LogP contribution in [0.15, 0.2) is 0 Å². The van der Waals surface area contributed by atoms with Gasteiger partial charge in [-0.3, -0.25) is 11.3 Å². The quantitative estimate of drug-likeness (QED) is 0.508. The number of hydrazine groups is 1. The lowest BCUT2D eigenvalue weighted by molar-refractivity contribution is 0.000799. The molecule has 0 spiro atoms. The van der Waals surface area contributed by atoms with E-state index in [9.17, 15) is 0 Å². The number of hydrogen-bond donors (Lipinski definition) is 2. The molecular weight excluding hydrogens is 180 g/mol. The molecule has 14 heavy (non-hydrogen) atoms. The lowest BCUT2D eigenvalue weighted by Gasteiger charge is -2.30. The molecule has 0 bridgehead atoms. The van der Waals surface area contributed by atoms with Gasteiger partial charge in [0.1, 0.15) is 0 Å². The Balaban J connectivity index is 2.28. The maximum absolute atomic E-state index is 5.55. The largest absolute Gasteiger partial charge is 0.381 e. The Hall–Kier alpha value is -0.160. The Labute approximate surface area is 86.1 Å². The molecule has 0 amide bonds. The van der Waals surface area contributed by atoms with Crippen LogP contribution >= 0.6 is 0 Å². The van der Waals surface area contributed by atoms with Gasteiger partial charge in [0.25, 0.3) is 0 Å². The monoisotopic (exact) mass is 202 g/mol. The zero-order chi connectivity index (χ0) is 10.4. The van der Waals surface area contributed by atoms with Gasteiger partial charge < -0.3 is 9.47 Å². The number of ether oxygens (including phenoxy) is 2. The second-order valence-corrected chi connectivity index (χ2v) is 4.13. The van der Waals surface area contributed by atoms with Gasteiger partial charge in [0, 0.05) is 18.6 Å². The van der Waals surface area contributed by atoms with E-state index < -0.39 is 0 Å². The van der Waals surface area contributed by atoms with Crippen LogP contribution in [0.25, 0.3) is 0 Å². The van der Waals surface area contributed by atoms with Crippen molar-refractivity contribution in [2.45, 2.75) is 38.8 Å². The fourth-order valence-electron chi connectivity index (χ4n) is 1.70. The first-order valence-corrected chi connectivity index (χ1v) is 5.39. The number of nitrogens with two attached hydrogens (primary N) is 1. The van der Waals surface area contributed by atoms with Crippen molar-refractivity contribution in [3.8, 4) is 0 Å². The molecule has 0 aromatic heterocycles. The molecule has 0 aromatic carbocycles. The molecule has 1 heterocycles. The zero-order valence-electron chi connectivity index (χ0n) is 9.16. The highest BCUT2D eigenvalue weighted by Gasteiger charge is 2.23. The highest BCUT2D eigenvalue weighted by molar-refractivity contribution is 4.76. The van der Waals surface area contributed by atoms with E-state index in [-0.39, 0.29) is 12.1 Å². The van der Waals surface area contributed by atoms with E-state index in [2.05, 4.69) is 5.43 Å². The van der Waals surface area contributed by atoms with Crippen LogP contribution in [0.3, 0.4) is 0 Å². The van der Waals surface area contributed by atoms with E-state index >= 15 is 0 Å². The molecule has 0 aromatic rings. The summed E-state index contributed by atoms with van der Waals surface area (Å²) in [5, 5.41) is 0. The van der Waals surface area contributed by atoms with Gasteiger partial charge in [-0.05, 0) is 26.7 Å². The SMILES string of the molecule is CC(C)OCC(NN)C1CCCOC1. The van der Waals surface area contributed by atoms with Crippen molar-refractivity contribution >= 4 is 0 Å². The fourth-order valence-corrected chi connectivity index (χ4v) is 1.70. The van der Waals surface area contributed by atoms with Gasteiger partial charge >= 0.3 is 0 Å². The highest BCUT2D eigenvalue weighted by Crippen LogP contribution is 2.17. The van der Waals surface area contributed by atoms with Crippen molar-refractivity contribution in [3.05, 3.63) is 0 Å². The third-order valence-corrected chi connectivity index (χ3v) is 2.59. The molecule has 4 heteroatoms. The minimum Gasteiger partial charge on any atom is -0.381 e. The molecule has 0 radical (unpaired) electrons. The molecule has 3 N–H and O–H groups in total. The van der Waals surface area contributed by atoms with Crippen LogP contribution in [0.4, 0.5) is 0 Å². The first-order chi connectivity index (χ1) is 6.74. The van der Waals surface area contributed by atoms with E-state index in [0.717, 1.165) is 19.6 Å². The Bertz CT molecular complexity index is 147. The van der Waals surface area contributed by atoms with E-state index in [1.807, 2.05) is 13.8 Å². The van der Waals surface area contributed by atoms with Crippen molar-refractivity contribution in [2.75, 3.05) is 19.8 Å². The van der Waals surface area contributed by atoms with Crippen molar-refractivity contribution in [1.29, 1.82) is 0 Å². The fraction of sp³-hybridized carbons (Fsp3) is 1.00. The third-order valence-electron chi connectivity index (χ3n) is 2.59. The van der Waals surface area contributed by atoms with E-state index in [1.165, 1.54) is 6.42 Å². The number of rotatable bonds is 5. The van der Waals surface area contributed by atoms with Crippen LogP contribution in [0, 0.1) is 5.92 Å². The number of hydrogen-bond acceptors (Lipinski definition) is 4. The zero-order valence-corrected chi connectivity index (χ0v) is 9.16. The maximum atomic E-state index is 5.55.